The lowest BCUT2D eigenvalue weighted by Crippen LogP contribution is -2.47. The van der Waals surface area contributed by atoms with Gasteiger partial charge in [-0.05, 0) is 53.4 Å². The summed E-state index contributed by atoms with van der Waals surface area (Å²) in [5.41, 5.74) is 4.34. The minimum Gasteiger partial charge on any atom is -0.480 e. The van der Waals surface area contributed by atoms with Crippen LogP contribution in [-0.4, -0.2) is 52.3 Å². The summed E-state index contributed by atoms with van der Waals surface area (Å²) in [5.74, 6) is -0.244. The minimum absolute atomic E-state index is 0.282. The maximum absolute atomic E-state index is 11.5. The quantitative estimate of drug-likeness (QED) is 0.207. The van der Waals surface area contributed by atoms with Gasteiger partial charge < -0.3 is 20.8 Å². The average molecular weight is 453 g/mol. The van der Waals surface area contributed by atoms with Crippen molar-refractivity contribution in [2.45, 2.75) is 72.4 Å². The molecule has 0 aliphatic carbocycles. The van der Waals surface area contributed by atoms with Crippen molar-refractivity contribution in [3.05, 3.63) is 47.2 Å². The lowest BCUT2D eigenvalue weighted by Gasteiger charge is -2.23. The molecule has 0 spiro atoms. The zero-order valence-corrected chi connectivity index (χ0v) is 20.5. The van der Waals surface area contributed by atoms with E-state index in [1.54, 1.807) is 0 Å². The fourth-order valence-corrected chi connectivity index (χ4v) is 3.71. The van der Waals surface area contributed by atoms with Crippen molar-refractivity contribution < 1.29 is 19.8 Å². The maximum atomic E-state index is 11.5. The number of carbonyl (C=O) groups excluding carboxylic acids is 1. The number of allylic oxidation sites excluding steroid dienone is 5. The van der Waals surface area contributed by atoms with E-state index in [-0.39, 0.29) is 18.2 Å². The third kappa shape index (κ3) is 15.5. The largest absolute Gasteiger partial charge is 0.480 e. The highest BCUT2D eigenvalue weighted by Gasteiger charge is 2.21. The molecule has 0 aromatic carbocycles. The molecule has 176 valence electrons. The lowest BCUT2D eigenvalue weighted by atomic mass is 10.1. The Morgan fingerprint density at radius 3 is 2.03 bits per heavy atom. The molecule has 0 saturated carbocycles. The first-order chi connectivity index (χ1) is 14.6. The second-order valence-electron chi connectivity index (χ2n) is 7.99. The van der Waals surface area contributed by atoms with E-state index in [0.717, 1.165) is 31.4 Å². The normalized spacial score (nSPS) is 13.9. The summed E-state index contributed by atoms with van der Waals surface area (Å²) in [6, 6.07) is -1.56. The third-order valence-electron chi connectivity index (χ3n) is 4.60. The number of aliphatic hydroxyl groups is 1. The molecule has 0 fully saturated rings. The molecule has 0 bridgehead atoms. The number of aliphatic hydroxyl groups excluding tert-OH is 1. The zero-order chi connectivity index (χ0) is 23.8. The topological polar surface area (TPSA) is 98.7 Å². The van der Waals surface area contributed by atoms with E-state index in [4.69, 9.17) is 0 Å². The molecule has 0 aromatic heterocycles. The highest BCUT2D eigenvalue weighted by Crippen LogP contribution is 2.13. The first kappa shape index (κ1) is 29.0. The summed E-state index contributed by atoms with van der Waals surface area (Å²) >= 11 is 1.51. The fourth-order valence-electron chi connectivity index (χ4n) is 2.71. The second-order valence-corrected chi connectivity index (χ2v) is 9.07. The van der Waals surface area contributed by atoms with Crippen LogP contribution in [0.15, 0.2) is 47.2 Å². The van der Waals surface area contributed by atoms with Gasteiger partial charge in [0.2, 0.25) is 5.91 Å². The van der Waals surface area contributed by atoms with E-state index in [0.29, 0.717) is 5.75 Å². The lowest BCUT2D eigenvalue weighted by molar-refractivity contribution is -0.138. The molecule has 0 radical (unpaired) electrons. The van der Waals surface area contributed by atoms with Gasteiger partial charge in [-0.25, -0.2) is 4.79 Å². The van der Waals surface area contributed by atoms with Crippen molar-refractivity contribution >= 4 is 23.6 Å². The van der Waals surface area contributed by atoms with Crippen LogP contribution in [0.25, 0.3) is 0 Å². The molecule has 0 aliphatic rings. The monoisotopic (exact) mass is 452 g/mol. The molecule has 0 rings (SSSR count). The molecular weight excluding hydrogens is 412 g/mol. The van der Waals surface area contributed by atoms with Gasteiger partial charge in [-0.2, -0.15) is 11.8 Å². The zero-order valence-electron chi connectivity index (χ0n) is 19.7. The first-order valence-electron chi connectivity index (χ1n) is 10.6. The number of nitrogens with one attached hydrogen (secondary N) is 2. The van der Waals surface area contributed by atoms with E-state index in [1.807, 2.05) is 0 Å². The molecule has 4 N–H and O–H groups in total. The molecule has 0 saturated heterocycles. The van der Waals surface area contributed by atoms with Crippen LogP contribution in [0.4, 0.5) is 0 Å². The maximum Gasteiger partial charge on any atom is 0.326 e. The van der Waals surface area contributed by atoms with Crippen LogP contribution >= 0.6 is 11.8 Å². The number of carboxylic acids is 1. The van der Waals surface area contributed by atoms with E-state index in [9.17, 15) is 19.8 Å². The summed E-state index contributed by atoms with van der Waals surface area (Å²) < 4.78 is 0. The van der Waals surface area contributed by atoms with E-state index < -0.39 is 18.1 Å². The van der Waals surface area contributed by atoms with Crippen molar-refractivity contribution in [3.8, 4) is 0 Å². The van der Waals surface area contributed by atoms with Crippen LogP contribution in [0.2, 0.25) is 0 Å². The Kier molecular flexibility index (Phi) is 15.6. The highest BCUT2D eigenvalue weighted by atomic mass is 32.2. The molecule has 0 heterocycles. The molecular formula is C24H40N2O4S. The average Bonchev–Trinajstić information content (AvgIpc) is 2.67. The van der Waals surface area contributed by atoms with Crippen molar-refractivity contribution in [3.63, 3.8) is 0 Å². The Hall–Kier alpha value is -1.99. The summed E-state index contributed by atoms with van der Waals surface area (Å²) in [4.78, 5) is 22.7. The first-order valence-corrected chi connectivity index (χ1v) is 11.8. The predicted molar refractivity (Wildman–Crippen MR) is 131 cm³/mol. The van der Waals surface area contributed by atoms with Crippen molar-refractivity contribution in [2.24, 2.45) is 0 Å². The predicted octanol–water partition coefficient (Wildman–Crippen LogP) is 4.19. The Bertz CT molecular complexity index is 679. The minimum atomic E-state index is -0.998. The molecule has 2 atom stereocenters. The van der Waals surface area contributed by atoms with Gasteiger partial charge in [0, 0.05) is 24.1 Å². The molecule has 1 amide bonds. The Labute approximate surface area is 192 Å². The number of aliphatic carboxylic acids is 1. The van der Waals surface area contributed by atoms with Crippen LogP contribution in [0.5, 0.6) is 0 Å². The molecule has 0 aromatic rings. The van der Waals surface area contributed by atoms with Gasteiger partial charge in [-0.15, -0.1) is 0 Å². The SMILES string of the molecule is C=C(NC(CSC/C=C(\C)CC/C=C(\C)CCC=C(C)C)C(=O)O)C(CO)NC(C)=O. The number of rotatable bonds is 16. The van der Waals surface area contributed by atoms with Crippen molar-refractivity contribution in [1.29, 1.82) is 0 Å². The van der Waals surface area contributed by atoms with Crippen LogP contribution < -0.4 is 10.6 Å². The van der Waals surface area contributed by atoms with E-state index in [1.165, 1.54) is 35.4 Å². The summed E-state index contributed by atoms with van der Waals surface area (Å²) in [6.07, 6.45) is 10.9. The van der Waals surface area contributed by atoms with Gasteiger partial charge in [0.05, 0.1) is 12.6 Å². The van der Waals surface area contributed by atoms with Crippen LogP contribution in [0.1, 0.15) is 60.3 Å². The van der Waals surface area contributed by atoms with Gasteiger partial charge in [0.15, 0.2) is 0 Å². The standard InChI is InChI=1S/C24H40N2O4S/c1-17(2)9-7-10-18(3)11-8-12-19(4)13-14-31-16-23(24(29)30)25-20(5)22(15-27)26-21(6)28/h9,11,13,22-23,25,27H,5,7-8,10,12,14-16H2,1-4,6H3,(H,26,28)(H,29,30)/b18-11+,19-13+. The highest BCUT2D eigenvalue weighted by molar-refractivity contribution is 7.99. The molecule has 2 unspecified atom stereocenters. The third-order valence-corrected chi connectivity index (χ3v) is 5.57. The Morgan fingerprint density at radius 1 is 0.935 bits per heavy atom. The van der Waals surface area contributed by atoms with Gasteiger partial charge >= 0.3 is 5.97 Å². The van der Waals surface area contributed by atoms with Crippen LogP contribution in [0.3, 0.4) is 0 Å². The smallest absolute Gasteiger partial charge is 0.326 e. The van der Waals surface area contributed by atoms with Crippen LogP contribution in [-0.2, 0) is 9.59 Å². The summed E-state index contributed by atoms with van der Waals surface area (Å²) in [7, 11) is 0. The number of hydrogen-bond acceptors (Lipinski definition) is 5. The van der Waals surface area contributed by atoms with Crippen molar-refractivity contribution in [2.75, 3.05) is 18.1 Å². The number of thioether (sulfide) groups is 1. The van der Waals surface area contributed by atoms with Gasteiger partial charge in [0.1, 0.15) is 6.04 Å². The number of hydrogen-bond donors (Lipinski definition) is 4. The Morgan fingerprint density at radius 2 is 1.52 bits per heavy atom. The number of carbonyl (C=O) groups is 2. The van der Waals surface area contributed by atoms with Gasteiger partial charge in [-0.3, -0.25) is 4.79 Å². The molecule has 7 heteroatoms. The number of carboxylic acid groups (broad SMARTS) is 1. The van der Waals surface area contributed by atoms with E-state index >= 15 is 0 Å². The fraction of sp³-hybridized carbons (Fsp3) is 0.583. The molecule has 0 aliphatic heterocycles. The summed E-state index contributed by atoms with van der Waals surface area (Å²) in [6.45, 7) is 13.2. The Balaban J connectivity index is 4.40. The summed E-state index contributed by atoms with van der Waals surface area (Å²) in [5, 5.41) is 24.1. The second kappa shape index (κ2) is 16.7. The molecule has 6 nitrogen and oxygen atoms in total. The van der Waals surface area contributed by atoms with Crippen molar-refractivity contribution in [1.82, 2.24) is 10.6 Å². The van der Waals surface area contributed by atoms with E-state index in [2.05, 4.69) is 63.1 Å². The van der Waals surface area contributed by atoms with Gasteiger partial charge in [0.25, 0.3) is 0 Å². The molecule has 31 heavy (non-hydrogen) atoms. The number of amides is 1. The van der Waals surface area contributed by atoms with Gasteiger partial charge in [-0.1, -0.05) is 41.5 Å². The van der Waals surface area contributed by atoms with Crippen LogP contribution in [0, 0.1) is 0 Å².